The van der Waals surface area contributed by atoms with Crippen LogP contribution in [0.1, 0.15) is 43.2 Å². The standard InChI is InChI=1S/C23H25N3O/c1-13-6-8-14(9-7-13)20-17-4-2-3-5-18(17)22-24-21-16-11-10-15(12-16)19(21)23(27)26(22)25-20/h6-11,15-19,21H,2-5,12H2,1H3/t15-,16+,17-,18+,19-,21+/m0/s1. The Hall–Kier alpha value is -2.23. The molecule has 1 amide bonds. The lowest BCUT2D eigenvalue weighted by Crippen LogP contribution is -2.55. The van der Waals surface area contributed by atoms with Gasteiger partial charge >= 0.3 is 0 Å². The third kappa shape index (κ3) is 2.19. The monoisotopic (exact) mass is 359 g/mol. The first-order valence-corrected chi connectivity index (χ1v) is 10.5. The van der Waals surface area contributed by atoms with Crippen LogP contribution in [0.15, 0.2) is 46.5 Å². The summed E-state index contributed by atoms with van der Waals surface area (Å²) in [7, 11) is 0. The van der Waals surface area contributed by atoms with Crippen LogP contribution in [0, 0.1) is 36.5 Å². The molecule has 1 aromatic carbocycles. The number of aliphatic imine (C=N–C) groups is 1. The van der Waals surface area contributed by atoms with E-state index in [2.05, 4.69) is 43.3 Å². The minimum atomic E-state index is 0.00640. The summed E-state index contributed by atoms with van der Waals surface area (Å²) >= 11 is 0. The Morgan fingerprint density at radius 3 is 2.56 bits per heavy atom. The molecule has 1 aromatic rings. The van der Waals surface area contributed by atoms with Crippen LogP contribution in [0.3, 0.4) is 0 Å². The fourth-order valence-electron chi connectivity index (χ4n) is 6.06. The van der Waals surface area contributed by atoms with Crippen molar-refractivity contribution in [1.29, 1.82) is 0 Å². The van der Waals surface area contributed by atoms with Crippen molar-refractivity contribution in [1.82, 2.24) is 5.01 Å². The first kappa shape index (κ1) is 15.8. The molecule has 2 bridgehead atoms. The van der Waals surface area contributed by atoms with E-state index < -0.39 is 0 Å². The average Bonchev–Trinajstić information content (AvgIpc) is 3.31. The van der Waals surface area contributed by atoms with E-state index in [0.717, 1.165) is 30.8 Å². The molecule has 2 fully saturated rings. The van der Waals surface area contributed by atoms with E-state index in [-0.39, 0.29) is 17.9 Å². The number of amides is 1. The molecule has 4 nitrogen and oxygen atoms in total. The van der Waals surface area contributed by atoms with Crippen LogP contribution in [0.25, 0.3) is 0 Å². The van der Waals surface area contributed by atoms with E-state index in [1.54, 1.807) is 5.01 Å². The summed E-state index contributed by atoms with van der Waals surface area (Å²) in [6, 6.07) is 8.79. The van der Waals surface area contributed by atoms with Gasteiger partial charge in [-0.1, -0.05) is 54.8 Å². The third-order valence-corrected chi connectivity index (χ3v) is 7.41. The molecule has 2 heterocycles. The van der Waals surface area contributed by atoms with Crippen LogP contribution in [0.5, 0.6) is 0 Å². The molecule has 27 heavy (non-hydrogen) atoms. The highest BCUT2D eigenvalue weighted by atomic mass is 16.2. The molecule has 2 saturated carbocycles. The Morgan fingerprint density at radius 1 is 1.00 bits per heavy atom. The lowest BCUT2D eigenvalue weighted by molar-refractivity contribution is -0.134. The lowest BCUT2D eigenvalue weighted by Gasteiger charge is -2.44. The molecule has 0 saturated heterocycles. The van der Waals surface area contributed by atoms with Crippen LogP contribution in [0.2, 0.25) is 0 Å². The number of hydrogen-bond acceptors (Lipinski definition) is 3. The van der Waals surface area contributed by atoms with Gasteiger partial charge < -0.3 is 0 Å². The number of nitrogens with zero attached hydrogens (tertiary/aromatic N) is 3. The number of fused-ring (bicyclic) bond motifs is 8. The number of carbonyl (C=O) groups is 1. The van der Waals surface area contributed by atoms with Gasteiger partial charge in [0.15, 0.2) is 0 Å². The Morgan fingerprint density at radius 2 is 1.74 bits per heavy atom. The second kappa shape index (κ2) is 5.63. The highest BCUT2D eigenvalue weighted by Gasteiger charge is 2.55. The largest absolute Gasteiger partial charge is 0.272 e. The van der Waals surface area contributed by atoms with E-state index >= 15 is 0 Å². The zero-order valence-electron chi connectivity index (χ0n) is 15.7. The molecule has 0 spiro atoms. The van der Waals surface area contributed by atoms with Crippen LogP contribution in [0.4, 0.5) is 0 Å². The highest BCUT2D eigenvalue weighted by molar-refractivity contribution is 6.12. The molecule has 5 aliphatic rings. The van der Waals surface area contributed by atoms with Gasteiger partial charge in [-0.15, -0.1) is 0 Å². The lowest BCUT2D eigenvalue weighted by atomic mass is 9.72. The summed E-state index contributed by atoms with van der Waals surface area (Å²) in [5, 5.41) is 6.68. The highest BCUT2D eigenvalue weighted by Crippen LogP contribution is 2.50. The summed E-state index contributed by atoms with van der Waals surface area (Å²) in [4.78, 5) is 18.6. The normalized spacial score (nSPS) is 38.9. The molecule has 2 aliphatic heterocycles. The Balaban J connectivity index is 1.48. The first-order chi connectivity index (χ1) is 13.2. The van der Waals surface area contributed by atoms with Crippen LogP contribution in [-0.4, -0.2) is 28.5 Å². The third-order valence-electron chi connectivity index (χ3n) is 7.41. The van der Waals surface area contributed by atoms with Crippen molar-refractivity contribution < 1.29 is 4.79 Å². The SMILES string of the molecule is Cc1ccc(C2=NN3C(=O)[C@@H]4[C@H](N=C3[C@@H]3CCCC[C@H]23)[C@@H]2C=C[C@H]4C2)cc1. The molecule has 0 unspecified atom stereocenters. The van der Waals surface area contributed by atoms with Gasteiger partial charge in [-0.05, 0) is 37.7 Å². The van der Waals surface area contributed by atoms with Gasteiger partial charge in [-0.25, -0.2) is 0 Å². The van der Waals surface area contributed by atoms with E-state index in [4.69, 9.17) is 10.1 Å². The molecule has 4 heteroatoms. The first-order valence-electron chi connectivity index (χ1n) is 10.5. The van der Waals surface area contributed by atoms with Gasteiger partial charge in [0.25, 0.3) is 5.91 Å². The van der Waals surface area contributed by atoms with E-state index in [0.29, 0.717) is 23.7 Å². The Bertz CT molecular complexity index is 897. The molecule has 6 rings (SSSR count). The zero-order chi connectivity index (χ0) is 18.1. The second-order valence-corrected chi connectivity index (χ2v) is 8.95. The predicted octanol–water partition coefficient (Wildman–Crippen LogP) is 3.95. The van der Waals surface area contributed by atoms with Crippen molar-refractivity contribution in [2.45, 2.75) is 45.1 Å². The Labute approximate surface area is 160 Å². The van der Waals surface area contributed by atoms with Gasteiger partial charge in [0.05, 0.1) is 17.7 Å². The maximum absolute atomic E-state index is 13.4. The number of rotatable bonds is 1. The number of allylic oxidation sites excluding steroid dienone is 1. The number of aryl methyl sites for hydroxylation is 1. The smallest absolute Gasteiger partial charge is 0.254 e. The quantitative estimate of drug-likeness (QED) is 0.700. The van der Waals surface area contributed by atoms with Crippen molar-refractivity contribution in [3.63, 3.8) is 0 Å². The second-order valence-electron chi connectivity index (χ2n) is 8.95. The summed E-state index contributed by atoms with van der Waals surface area (Å²) in [5.41, 5.74) is 3.52. The maximum atomic E-state index is 13.4. The number of hydrazone groups is 1. The van der Waals surface area contributed by atoms with Gasteiger partial charge in [-0.3, -0.25) is 9.79 Å². The minimum Gasteiger partial charge on any atom is -0.272 e. The molecule has 0 radical (unpaired) electrons. The van der Waals surface area contributed by atoms with E-state index in [9.17, 15) is 4.79 Å². The van der Waals surface area contributed by atoms with Gasteiger partial charge in [0.1, 0.15) is 5.84 Å². The average molecular weight is 359 g/mol. The van der Waals surface area contributed by atoms with Crippen molar-refractivity contribution in [3.8, 4) is 0 Å². The fourth-order valence-corrected chi connectivity index (χ4v) is 6.06. The molecule has 6 atom stereocenters. The summed E-state index contributed by atoms with van der Waals surface area (Å²) < 4.78 is 0. The number of benzene rings is 1. The van der Waals surface area contributed by atoms with Crippen molar-refractivity contribution in [2.24, 2.45) is 39.7 Å². The van der Waals surface area contributed by atoms with E-state index in [1.807, 2.05) is 0 Å². The van der Waals surface area contributed by atoms with Crippen molar-refractivity contribution >= 4 is 17.5 Å². The van der Waals surface area contributed by atoms with Gasteiger partial charge in [-0.2, -0.15) is 10.1 Å². The zero-order valence-corrected chi connectivity index (χ0v) is 15.7. The Kier molecular flexibility index (Phi) is 3.30. The molecule has 138 valence electrons. The summed E-state index contributed by atoms with van der Waals surface area (Å²) in [6.45, 7) is 2.11. The summed E-state index contributed by atoms with van der Waals surface area (Å²) in [6.07, 6.45) is 10.4. The predicted molar refractivity (Wildman–Crippen MR) is 105 cm³/mol. The summed E-state index contributed by atoms with van der Waals surface area (Å²) in [5.74, 6) is 2.74. The van der Waals surface area contributed by atoms with Crippen molar-refractivity contribution in [2.75, 3.05) is 0 Å². The van der Waals surface area contributed by atoms with Gasteiger partial charge in [0, 0.05) is 17.8 Å². The molecule has 0 N–H and O–H groups in total. The molecular formula is C23H25N3O. The van der Waals surface area contributed by atoms with Crippen molar-refractivity contribution in [3.05, 3.63) is 47.5 Å². The van der Waals surface area contributed by atoms with Gasteiger partial charge in [0.2, 0.25) is 0 Å². The fraction of sp³-hybridized carbons (Fsp3) is 0.522. The van der Waals surface area contributed by atoms with Crippen LogP contribution < -0.4 is 0 Å². The molecule has 0 aromatic heterocycles. The van der Waals surface area contributed by atoms with Crippen LogP contribution >= 0.6 is 0 Å². The van der Waals surface area contributed by atoms with Crippen LogP contribution in [-0.2, 0) is 4.79 Å². The topological polar surface area (TPSA) is 45.0 Å². The number of amidine groups is 1. The maximum Gasteiger partial charge on any atom is 0.254 e. The molecular weight excluding hydrogens is 334 g/mol. The molecule has 3 aliphatic carbocycles. The number of hydrogen-bond donors (Lipinski definition) is 0. The minimum absolute atomic E-state index is 0.00640. The van der Waals surface area contributed by atoms with E-state index in [1.165, 1.54) is 24.0 Å². The number of carbonyl (C=O) groups excluding carboxylic acids is 1.